The highest BCUT2D eigenvalue weighted by molar-refractivity contribution is 6.30. The molecule has 3 aromatic rings. The highest BCUT2D eigenvalue weighted by Crippen LogP contribution is 2.29. The first-order valence-corrected chi connectivity index (χ1v) is 9.10. The summed E-state index contributed by atoms with van der Waals surface area (Å²) < 4.78 is 11.6. The Labute approximate surface area is 164 Å². The highest BCUT2D eigenvalue weighted by atomic mass is 35.5. The minimum atomic E-state index is 0.491. The van der Waals surface area contributed by atoms with E-state index >= 15 is 0 Å². The summed E-state index contributed by atoms with van der Waals surface area (Å²) in [5.41, 5.74) is 5.80. The Balaban J connectivity index is 1.67. The summed E-state index contributed by atoms with van der Waals surface area (Å²) in [6.45, 7) is 3.00. The van der Waals surface area contributed by atoms with Crippen LogP contribution >= 0.6 is 11.6 Å². The topological polar surface area (TPSA) is 42.8 Å². The van der Waals surface area contributed by atoms with E-state index in [1.165, 1.54) is 0 Å². The number of nitrogens with zero attached hydrogens (tertiary/aromatic N) is 1. The Hall–Kier alpha value is -2.98. The molecule has 0 saturated carbocycles. The molecule has 0 spiro atoms. The molecule has 0 saturated heterocycles. The Morgan fingerprint density at radius 1 is 0.926 bits per heavy atom. The summed E-state index contributed by atoms with van der Waals surface area (Å²) in [5, 5.41) is 4.91. The minimum absolute atomic E-state index is 0.491. The lowest BCUT2D eigenvalue weighted by molar-refractivity contribution is 0.269. The average molecular weight is 381 g/mol. The summed E-state index contributed by atoms with van der Waals surface area (Å²) in [5.74, 6) is 1.40. The van der Waals surface area contributed by atoms with Crippen molar-refractivity contribution in [2.24, 2.45) is 5.10 Å². The summed E-state index contributed by atoms with van der Waals surface area (Å²) in [7, 11) is 0. The van der Waals surface area contributed by atoms with E-state index in [1.807, 2.05) is 79.7 Å². The first-order chi connectivity index (χ1) is 13.2. The molecule has 0 unspecified atom stereocenters. The zero-order valence-electron chi connectivity index (χ0n) is 15.1. The lowest BCUT2D eigenvalue weighted by Crippen LogP contribution is -2.00. The van der Waals surface area contributed by atoms with E-state index in [2.05, 4.69) is 10.5 Å². The molecule has 4 nitrogen and oxygen atoms in total. The second-order valence-corrected chi connectivity index (χ2v) is 6.23. The molecule has 0 bridgehead atoms. The number of halogens is 1. The van der Waals surface area contributed by atoms with Crippen molar-refractivity contribution in [2.45, 2.75) is 13.5 Å². The summed E-state index contributed by atoms with van der Waals surface area (Å²) in [4.78, 5) is 0. The molecule has 0 fully saturated rings. The van der Waals surface area contributed by atoms with Crippen molar-refractivity contribution in [3.05, 3.63) is 88.9 Å². The number of hydrogen-bond donors (Lipinski definition) is 1. The van der Waals surface area contributed by atoms with Crippen LogP contribution in [-0.4, -0.2) is 12.8 Å². The number of ether oxygens (including phenoxy) is 2. The van der Waals surface area contributed by atoms with Crippen LogP contribution in [0.5, 0.6) is 11.5 Å². The van der Waals surface area contributed by atoms with Crippen molar-refractivity contribution in [1.29, 1.82) is 0 Å². The first kappa shape index (κ1) is 18.8. The zero-order valence-corrected chi connectivity index (χ0v) is 15.8. The maximum atomic E-state index is 5.97. The van der Waals surface area contributed by atoms with Gasteiger partial charge in [-0.05, 0) is 54.4 Å². The zero-order chi connectivity index (χ0) is 18.9. The van der Waals surface area contributed by atoms with Gasteiger partial charge in [0.25, 0.3) is 0 Å². The maximum Gasteiger partial charge on any atom is 0.161 e. The average Bonchev–Trinajstić information content (AvgIpc) is 2.68. The van der Waals surface area contributed by atoms with Gasteiger partial charge in [-0.1, -0.05) is 48.0 Å². The van der Waals surface area contributed by atoms with Crippen molar-refractivity contribution < 1.29 is 9.47 Å². The van der Waals surface area contributed by atoms with E-state index in [-0.39, 0.29) is 0 Å². The van der Waals surface area contributed by atoms with Crippen LogP contribution in [0.25, 0.3) is 0 Å². The second kappa shape index (κ2) is 9.64. The summed E-state index contributed by atoms with van der Waals surface area (Å²) >= 11 is 5.97. The number of hydrogen-bond acceptors (Lipinski definition) is 4. The molecule has 0 aromatic heterocycles. The Kier molecular flexibility index (Phi) is 6.72. The van der Waals surface area contributed by atoms with Gasteiger partial charge in [-0.15, -0.1) is 0 Å². The number of nitrogens with one attached hydrogen (secondary N) is 1. The second-order valence-electron chi connectivity index (χ2n) is 5.79. The fraction of sp³-hybridized carbons (Fsp3) is 0.136. The molecular formula is C22H21ClN2O2. The first-order valence-electron chi connectivity index (χ1n) is 8.73. The Morgan fingerprint density at radius 3 is 2.56 bits per heavy atom. The smallest absolute Gasteiger partial charge is 0.161 e. The van der Waals surface area contributed by atoms with Gasteiger partial charge < -0.3 is 9.47 Å². The van der Waals surface area contributed by atoms with Crippen LogP contribution in [0.3, 0.4) is 0 Å². The standard InChI is InChI=1S/C22H21ClN2O2/c1-2-26-22-13-18(15-24-25-20-10-6-9-19(23)14-20)11-12-21(22)27-16-17-7-4-3-5-8-17/h3-15,25H,2,16H2,1H3. The molecule has 0 radical (unpaired) electrons. The van der Waals surface area contributed by atoms with Gasteiger partial charge in [-0.3, -0.25) is 5.43 Å². The molecular weight excluding hydrogens is 360 g/mol. The van der Waals surface area contributed by atoms with Crippen LogP contribution in [0.4, 0.5) is 5.69 Å². The normalized spacial score (nSPS) is 10.7. The lowest BCUT2D eigenvalue weighted by Gasteiger charge is -2.12. The van der Waals surface area contributed by atoms with Gasteiger partial charge in [0.15, 0.2) is 11.5 Å². The van der Waals surface area contributed by atoms with Crippen molar-refractivity contribution in [2.75, 3.05) is 12.0 Å². The monoisotopic (exact) mass is 380 g/mol. The van der Waals surface area contributed by atoms with E-state index in [1.54, 1.807) is 6.21 Å². The molecule has 0 aliphatic heterocycles. The quantitative estimate of drug-likeness (QED) is 0.399. The molecule has 138 valence electrons. The van der Waals surface area contributed by atoms with Gasteiger partial charge >= 0.3 is 0 Å². The van der Waals surface area contributed by atoms with Crippen LogP contribution in [0.15, 0.2) is 77.9 Å². The number of rotatable bonds is 8. The third-order valence-electron chi connectivity index (χ3n) is 3.74. The molecule has 0 amide bonds. The molecule has 0 heterocycles. The minimum Gasteiger partial charge on any atom is -0.490 e. The van der Waals surface area contributed by atoms with Gasteiger partial charge in [0.2, 0.25) is 0 Å². The van der Waals surface area contributed by atoms with Gasteiger partial charge in [0, 0.05) is 5.02 Å². The van der Waals surface area contributed by atoms with E-state index < -0.39 is 0 Å². The molecule has 0 atom stereocenters. The molecule has 3 aromatic carbocycles. The third kappa shape index (κ3) is 5.76. The third-order valence-corrected chi connectivity index (χ3v) is 3.97. The van der Waals surface area contributed by atoms with Crippen molar-refractivity contribution in [3.63, 3.8) is 0 Å². The Bertz CT molecular complexity index is 898. The van der Waals surface area contributed by atoms with Gasteiger partial charge in [0.1, 0.15) is 6.61 Å². The van der Waals surface area contributed by atoms with Gasteiger partial charge in [-0.25, -0.2) is 0 Å². The van der Waals surface area contributed by atoms with E-state index in [9.17, 15) is 0 Å². The molecule has 3 rings (SSSR count). The van der Waals surface area contributed by atoms with Crippen LogP contribution in [-0.2, 0) is 6.61 Å². The predicted molar refractivity (Wildman–Crippen MR) is 111 cm³/mol. The van der Waals surface area contributed by atoms with Gasteiger partial charge in [-0.2, -0.15) is 5.10 Å². The number of hydrazone groups is 1. The van der Waals surface area contributed by atoms with Crippen molar-refractivity contribution >= 4 is 23.5 Å². The summed E-state index contributed by atoms with van der Waals surface area (Å²) in [6, 6.07) is 23.2. The predicted octanol–water partition coefficient (Wildman–Crippen LogP) is 5.76. The van der Waals surface area contributed by atoms with Crippen molar-refractivity contribution in [1.82, 2.24) is 0 Å². The van der Waals surface area contributed by atoms with E-state index in [0.717, 1.165) is 16.8 Å². The fourth-order valence-corrected chi connectivity index (χ4v) is 2.66. The number of benzene rings is 3. The molecule has 5 heteroatoms. The molecule has 27 heavy (non-hydrogen) atoms. The van der Waals surface area contributed by atoms with Crippen molar-refractivity contribution in [3.8, 4) is 11.5 Å². The molecule has 1 N–H and O–H groups in total. The van der Waals surface area contributed by atoms with E-state index in [0.29, 0.717) is 29.7 Å². The summed E-state index contributed by atoms with van der Waals surface area (Å²) in [6.07, 6.45) is 1.73. The van der Waals surface area contributed by atoms with Crippen LogP contribution in [0.1, 0.15) is 18.1 Å². The maximum absolute atomic E-state index is 5.97. The van der Waals surface area contributed by atoms with E-state index in [4.69, 9.17) is 21.1 Å². The molecule has 0 aliphatic carbocycles. The fourth-order valence-electron chi connectivity index (χ4n) is 2.47. The van der Waals surface area contributed by atoms with Crippen LogP contribution in [0, 0.1) is 0 Å². The number of anilines is 1. The Morgan fingerprint density at radius 2 is 1.78 bits per heavy atom. The molecule has 0 aliphatic rings. The SMILES string of the molecule is CCOc1cc(C=NNc2cccc(Cl)c2)ccc1OCc1ccccc1. The van der Waals surface area contributed by atoms with Crippen LogP contribution < -0.4 is 14.9 Å². The lowest BCUT2D eigenvalue weighted by atomic mass is 10.2. The highest BCUT2D eigenvalue weighted by Gasteiger charge is 2.06. The van der Waals surface area contributed by atoms with Crippen LogP contribution in [0.2, 0.25) is 5.02 Å². The van der Waals surface area contributed by atoms with Gasteiger partial charge in [0.05, 0.1) is 18.5 Å². The largest absolute Gasteiger partial charge is 0.490 e.